The van der Waals surface area contributed by atoms with E-state index in [-0.39, 0.29) is 12.1 Å². The lowest BCUT2D eigenvalue weighted by Gasteiger charge is -2.30. The van der Waals surface area contributed by atoms with Crippen LogP contribution in [0.2, 0.25) is 0 Å². The number of aryl methyl sites for hydroxylation is 1. The summed E-state index contributed by atoms with van der Waals surface area (Å²) in [5.41, 5.74) is 2.17. The molecule has 0 aliphatic heterocycles. The second kappa shape index (κ2) is 6.44. The van der Waals surface area contributed by atoms with Crippen molar-refractivity contribution in [2.75, 3.05) is 7.11 Å². The molecular formula is C18H24N2O3. The molecule has 1 amide bonds. The highest BCUT2D eigenvalue weighted by molar-refractivity contribution is 6.45. The van der Waals surface area contributed by atoms with Crippen LogP contribution < -0.4 is 4.74 Å². The minimum atomic E-state index is -0.513. The summed E-state index contributed by atoms with van der Waals surface area (Å²) in [5, 5.41) is 0.656. The van der Waals surface area contributed by atoms with E-state index >= 15 is 0 Å². The summed E-state index contributed by atoms with van der Waals surface area (Å²) in [5.74, 6) is -0.405. The molecule has 1 aromatic carbocycles. The minimum Gasteiger partial charge on any atom is -0.496 e. The van der Waals surface area contributed by atoms with Crippen molar-refractivity contribution in [3.63, 3.8) is 0 Å². The first-order valence-electron chi connectivity index (χ1n) is 7.80. The van der Waals surface area contributed by atoms with Gasteiger partial charge in [-0.25, -0.2) is 0 Å². The number of hydrogen-bond donors (Lipinski definition) is 1. The fourth-order valence-corrected chi connectivity index (χ4v) is 3.00. The van der Waals surface area contributed by atoms with Crippen LogP contribution in [0, 0.1) is 6.92 Å². The Labute approximate surface area is 136 Å². The lowest BCUT2D eigenvalue weighted by Crippen LogP contribution is -2.45. The van der Waals surface area contributed by atoms with Gasteiger partial charge in [-0.15, -0.1) is 0 Å². The van der Waals surface area contributed by atoms with Crippen LogP contribution in [0.25, 0.3) is 10.9 Å². The lowest BCUT2D eigenvalue weighted by atomic mass is 10.0. The number of Topliss-reactive ketones (excluding diaryl/α,β-unsaturated/α-hetero) is 1. The Morgan fingerprint density at radius 2 is 1.74 bits per heavy atom. The number of methoxy groups -OCH3 is 1. The minimum absolute atomic E-state index is 0.0409. The molecule has 1 N–H and O–H groups in total. The zero-order valence-electron chi connectivity index (χ0n) is 14.6. The normalized spacial score (nSPS) is 11.3. The number of aromatic nitrogens is 1. The van der Waals surface area contributed by atoms with Crippen LogP contribution in [-0.4, -0.2) is 40.8 Å². The van der Waals surface area contributed by atoms with Crippen LogP contribution in [0.5, 0.6) is 5.75 Å². The molecule has 1 heterocycles. The molecular weight excluding hydrogens is 292 g/mol. The summed E-state index contributed by atoms with van der Waals surface area (Å²) in [7, 11) is 1.56. The molecule has 0 radical (unpaired) electrons. The van der Waals surface area contributed by atoms with Crippen molar-refractivity contribution in [3.05, 3.63) is 29.5 Å². The van der Waals surface area contributed by atoms with Crippen LogP contribution in [0.15, 0.2) is 18.3 Å². The molecule has 0 bridgehead atoms. The zero-order valence-corrected chi connectivity index (χ0v) is 14.6. The third-order valence-electron chi connectivity index (χ3n) is 3.89. The second-order valence-electron chi connectivity index (χ2n) is 6.32. The quantitative estimate of drug-likeness (QED) is 0.680. The van der Waals surface area contributed by atoms with Gasteiger partial charge < -0.3 is 14.6 Å². The highest BCUT2D eigenvalue weighted by atomic mass is 16.5. The Morgan fingerprint density at radius 1 is 1.13 bits per heavy atom. The van der Waals surface area contributed by atoms with E-state index in [1.807, 2.05) is 46.8 Å². The number of amides is 1. The number of carbonyl (C=O) groups is 2. The third-order valence-corrected chi connectivity index (χ3v) is 3.89. The molecule has 0 spiro atoms. The van der Waals surface area contributed by atoms with E-state index in [1.165, 1.54) is 0 Å². The highest BCUT2D eigenvalue weighted by Gasteiger charge is 2.29. The number of nitrogens with zero attached hydrogens (tertiary/aromatic N) is 1. The van der Waals surface area contributed by atoms with Gasteiger partial charge in [0.1, 0.15) is 5.75 Å². The first-order valence-corrected chi connectivity index (χ1v) is 7.80. The molecule has 5 nitrogen and oxygen atoms in total. The van der Waals surface area contributed by atoms with E-state index in [4.69, 9.17) is 4.74 Å². The zero-order chi connectivity index (χ0) is 17.3. The Hall–Kier alpha value is -2.30. The highest BCUT2D eigenvalue weighted by Crippen LogP contribution is 2.31. The fourth-order valence-electron chi connectivity index (χ4n) is 3.00. The molecule has 0 atom stereocenters. The average Bonchev–Trinajstić information content (AvgIpc) is 2.88. The summed E-state index contributed by atoms with van der Waals surface area (Å²) in [6.07, 6.45) is 1.59. The van der Waals surface area contributed by atoms with E-state index in [9.17, 15) is 9.59 Å². The van der Waals surface area contributed by atoms with Gasteiger partial charge in [0.15, 0.2) is 0 Å². The first-order chi connectivity index (χ1) is 10.8. The number of benzene rings is 1. The first kappa shape index (κ1) is 17.1. The van der Waals surface area contributed by atoms with Gasteiger partial charge in [-0.1, -0.05) is 0 Å². The van der Waals surface area contributed by atoms with Crippen LogP contribution in [0.3, 0.4) is 0 Å². The van der Waals surface area contributed by atoms with Crippen molar-refractivity contribution in [1.82, 2.24) is 9.88 Å². The van der Waals surface area contributed by atoms with E-state index in [0.717, 1.165) is 11.1 Å². The molecule has 23 heavy (non-hydrogen) atoms. The van der Waals surface area contributed by atoms with Crippen molar-refractivity contribution < 1.29 is 14.3 Å². The maximum absolute atomic E-state index is 12.8. The molecule has 1 aromatic heterocycles. The smallest absolute Gasteiger partial charge is 0.295 e. The predicted molar refractivity (Wildman–Crippen MR) is 91.0 cm³/mol. The molecule has 0 aliphatic carbocycles. The van der Waals surface area contributed by atoms with Crippen molar-refractivity contribution in [3.8, 4) is 5.75 Å². The second-order valence-corrected chi connectivity index (χ2v) is 6.32. The molecule has 0 unspecified atom stereocenters. The predicted octanol–water partition coefficient (Wildman–Crippen LogP) is 3.31. The standard InChI is InChI=1S/C18H24N2O3/c1-10(2)20(11(3)4)18(22)17(21)13-9-19-14-7-12(5)8-15(23-6)16(13)14/h7-11,19H,1-6H3. The molecule has 0 saturated heterocycles. The number of ether oxygens (including phenoxy) is 1. The van der Waals surface area contributed by atoms with Crippen molar-refractivity contribution in [1.29, 1.82) is 0 Å². The van der Waals surface area contributed by atoms with Crippen molar-refractivity contribution in [2.45, 2.75) is 46.7 Å². The lowest BCUT2D eigenvalue weighted by molar-refractivity contribution is -0.129. The number of nitrogens with one attached hydrogen (secondary N) is 1. The maximum Gasteiger partial charge on any atom is 0.295 e. The third kappa shape index (κ3) is 3.09. The number of hydrogen-bond acceptors (Lipinski definition) is 3. The average molecular weight is 316 g/mol. The van der Waals surface area contributed by atoms with Gasteiger partial charge in [0, 0.05) is 18.3 Å². The van der Waals surface area contributed by atoms with Crippen molar-refractivity contribution >= 4 is 22.6 Å². The van der Waals surface area contributed by atoms with E-state index < -0.39 is 11.7 Å². The van der Waals surface area contributed by atoms with Gasteiger partial charge in [-0.2, -0.15) is 0 Å². The van der Waals surface area contributed by atoms with Crippen LogP contribution in [0.4, 0.5) is 0 Å². The van der Waals surface area contributed by atoms with E-state index in [2.05, 4.69) is 4.98 Å². The number of rotatable bonds is 5. The van der Waals surface area contributed by atoms with Crippen LogP contribution in [0.1, 0.15) is 43.6 Å². The topological polar surface area (TPSA) is 62.4 Å². The number of H-pyrrole nitrogens is 1. The van der Waals surface area contributed by atoms with E-state index in [1.54, 1.807) is 18.2 Å². The molecule has 2 rings (SSSR count). The Kier molecular flexibility index (Phi) is 4.78. The summed E-state index contributed by atoms with van der Waals surface area (Å²) >= 11 is 0. The van der Waals surface area contributed by atoms with Gasteiger partial charge in [-0.3, -0.25) is 9.59 Å². The maximum atomic E-state index is 12.8. The van der Waals surface area contributed by atoms with Gasteiger partial charge >= 0.3 is 0 Å². The molecule has 124 valence electrons. The number of fused-ring (bicyclic) bond motifs is 1. The monoisotopic (exact) mass is 316 g/mol. The van der Waals surface area contributed by atoms with Gasteiger partial charge in [0.25, 0.3) is 11.7 Å². The fraction of sp³-hybridized carbons (Fsp3) is 0.444. The number of ketones is 1. The summed E-state index contributed by atoms with van der Waals surface area (Å²) < 4.78 is 5.40. The molecule has 5 heteroatoms. The van der Waals surface area contributed by atoms with Gasteiger partial charge in [0.05, 0.1) is 23.6 Å². The molecule has 0 aliphatic rings. The Bertz CT molecular complexity index is 736. The number of aromatic amines is 1. The van der Waals surface area contributed by atoms with Crippen LogP contribution >= 0.6 is 0 Å². The Morgan fingerprint density at radius 3 is 2.26 bits per heavy atom. The van der Waals surface area contributed by atoms with Gasteiger partial charge in [-0.05, 0) is 52.3 Å². The SMILES string of the molecule is COc1cc(C)cc2[nH]cc(C(=O)C(=O)N(C(C)C)C(C)C)c12. The molecule has 0 fully saturated rings. The summed E-state index contributed by atoms with van der Waals surface area (Å²) in [4.78, 5) is 30.1. The van der Waals surface area contributed by atoms with Gasteiger partial charge in [0.2, 0.25) is 0 Å². The summed E-state index contributed by atoms with van der Waals surface area (Å²) in [6, 6.07) is 3.71. The molecule has 0 saturated carbocycles. The number of carbonyl (C=O) groups excluding carboxylic acids is 2. The van der Waals surface area contributed by atoms with E-state index in [0.29, 0.717) is 16.7 Å². The molecule has 2 aromatic rings. The van der Waals surface area contributed by atoms with Crippen LogP contribution in [-0.2, 0) is 4.79 Å². The van der Waals surface area contributed by atoms with Crippen molar-refractivity contribution in [2.24, 2.45) is 0 Å². The summed E-state index contributed by atoms with van der Waals surface area (Å²) in [6.45, 7) is 9.58. The largest absolute Gasteiger partial charge is 0.496 e. The Balaban J connectivity index is 2.52.